The molecule has 5 aromatic carbocycles. The lowest BCUT2D eigenvalue weighted by Crippen LogP contribution is -3.16. The number of hydrogen-bond donors (Lipinski definition) is 4. The van der Waals surface area contributed by atoms with Crippen molar-refractivity contribution >= 4 is 30.1 Å². The maximum absolute atomic E-state index is 12.8. The Kier molecular flexibility index (Phi) is 14.5. The van der Waals surface area contributed by atoms with Crippen molar-refractivity contribution in [2.24, 2.45) is 17.8 Å². The van der Waals surface area contributed by atoms with Gasteiger partial charge >= 0.3 is 11.9 Å². The summed E-state index contributed by atoms with van der Waals surface area (Å²) in [5.41, 5.74) is 10.9. The fourth-order valence-electron chi connectivity index (χ4n) is 18.6. The first-order valence-corrected chi connectivity index (χ1v) is 29.9. The van der Waals surface area contributed by atoms with Gasteiger partial charge in [0.25, 0.3) is 0 Å². The van der Waals surface area contributed by atoms with E-state index in [1.165, 1.54) is 33.4 Å². The van der Waals surface area contributed by atoms with E-state index in [1.807, 2.05) is 54.6 Å². The number of piperidine rings is 3. The van der Waals surface area contributed by atoms with Crippen molar-refractivity contribution in [1.82, 2.24) is 9.80 Å². The Balaban J connectivity index is 0.000000118. The fourth-order valence-corrected chi connectivity index (χ4v) is 18.6. The molecule has 17 rings (SSSR count). The van der Waals surface area contributed by atoms with Gasteiger partial charge in [0.05, 0.1) is 56.0 Å². The van der Waals surface area contributed by atoms with Crippen LogP contribution < -0.4 is 31.5 Å². The minimum atomic E-state index is -0.348. The highest BCUT2D eigenvalue weighted by atomic mass is 35.5. The maximum Gasteiger partial charge on any atom is 0.343 e. The molecule has 4 N–H and O–H groups in total. The molecule has 6 heterocycles. The SMILES string of the molecule is CN1CCC23c4c5ccc(CO)c4OC2C(=O)CCC3C1C5.CN1CCC23c4c5ccc(CO)c4OC2C(OC(=O)c2ccccc2)=CCC3C1C5.C[NH+]1CCC23c4c5ccc(CO)c4OC2C(OC(=O)c2ccccc2)=CCC3C1C5.Cl.[Cl-]. The Morgan fingerprint density at radius 2 is 1.01 bits per heavy atom. The van der Waals surface area contributed by atoms with E-state index in [9.17, 15) is 29.7 Å². The molecule has 5 aromatic rings. The first kappa shape index (κ1) is 57.0. The van der Waals surface area contributed by atoms with Gasteiger partial charge in [-0.05, 0) is 137 Å². The lowest BCUT2D eigenvalue weighted by atomic mass is 9.51. The van der Waals surface area contributed by atoms with Crippen molar-refractivity contribution in [3.8, 4) is 17.2 Å². The summed E-state index contributed by atoms with van der Waals surface area (Å²) in [5.74, 6) is 4.67. The van der Waals surface area contributed by atoms with Gasteiger partial charge in [-0.1, -0.05) is 72.8 Å². The quantitative estimate of drug-likeness (QED) is 0.174. The Labute approximate surface area is 502 Å². The van der Waals surface area contributed by atoms with E-state index in [-0.39, 0.29) is 96.9 Å². The van der Waals surface area contributed by atoms with Gasteiger partial charge in [0.1, 0.15) is 28.8 Å². The van der Waals surface area contributed by atoms with E-state index in [0.717, 1.165) is 111 Å². The topological polar surface area (TPSA) is 169 Å². The monoisotopic (exact) mass is 1180 g/mol. The molecule has 6 bridgehead atoms. The fraction of sp³-hybridized carbons (Fsp3) is 0.456. The van der Waals surface area contributed by atoms with Crippen molar-refractivity contribution in [3.63, 3.8) is 0 Å². The number of Topliss-reactive ketones (excluding diaryl/α,β-unsaturated/α-hetero) is 1. The highest BCUT2D eigenvalue weighted by Crippen LogP contribution is 2.65. The number of quaternary nitrogens is 1. The number of carbonyl (C=O) groups excluding carboxylic acids is 3. The summed E-state index contributed by atoms with van der Waals surface area (Å²) in [6, 6.07) is 32.2. The van der Waals surface area contributed by atoms with Crippen molar-refractivity contribution in [2.75, 3.05) is 40.8 Å². The molecule has 0 radical (unpaired) electrons. The van der Waals surface area contributed by atoms with Crippen LogP contribution in [0.2, 0.25) is 0 Å². The summed E-state index contributed by atoms with van der Waals surface area (Å²) in [5, 5.41) is 29.6. The van der Waals surface area contributed by atoms with Crippen LogP contribution in [0.25, 0.3) is 0 Å². The highest BCUT2D eigenvalue weighted by Gasteiger charge is 2.68. The number of likely N-dealkylation sites (N-methyl/N-ethyl adjacent to an activating group) is 3. The Morgan fingerprint density at radius 1 is 0.583 bits per heavy atom. The Bertz CT molecular complexity index is 3370. The summed E-state index contributed by atoms with van der Waals surface area (Å²) < 4.78 is 31.2. The number of nitrogens with zero attached hydrogens (tertiary/aromatic N) is 2. The Hall–Kier alpha value is -6.07. The van der Waals surface area contributed by atoms with Crippen LogP contribution >= 0.6 is 12.4 Å². The number of benzene rings is 5. The van der Waals surface area contributed by atoms with Crippen LogP contribution in [0.1, 0.15) is 116 Å². The number of aliphatic hydroxyl groups excluding tert-OH is 3. The molecule has 13 unspecified atom stereocenters. The smallest absolute Gasteiger partial charge is 0.343 e. The maximum atomic E-state index is 12.8. The molecule has 440 valence electrons. The molecule has 1 saturated carbocycles. The number of halogens is 2. The summed E-state index contributed by atoms with van der Waals surface area (Å²) in [6.07, 6.45) is 12.6. The van der Waals surface area contributed by atoms with E-state index >= 15 is 0 Å². The second-order valence-electron chi connectivity index (χ2n) is 25.5. The van der Waals surface area contributed by atoms with Crippen molar-refractivity contribution < 1.29 is 70.7 Å². The average molecular weight is 1180 g/mol. The lowest BCUT2D eigenvalue weighted by molar-refractivity contribution is -0.918. The van der Waals surface area contributed by atoms with Crippen LogP contribution in [-0.4, -0.2) is 120 Å². The first-order chi connectivity index (χ1) is 39.9. The third-order valence-corrected chi connectivity index (χ3v) is 22.2. The van der Waals surface area contributed by atoms with Crippen LogP contribution in [0.4, 0.5) is 0 Å². The number of likely N-dealkylation sites (tertiary alicyclic amines) is 3. The molecule has 3 saturated heterocycles. The predicted molar refractivity (Wildman–Crippen MR) is 310 cm³/mol. The largest absolute Gasteiger partial charge is 1.00 e. The molecule has 0 amide bonds. The number of esters is 2. The van der Waals surface area contributed by atoms with E-state index in [4.69, 9.17) is 23.7 Å². The van der Waals surface area contributed by atoms with Crippen molar-refractivity contribution in [1.29, 1.82) is 0 Å². The normalized spacial score (nSPS) is 32.8. The summed E-state index contributed by atoms with van der Waals surface area (Å²) in [7, 11) is 6.72. The van der Waals surface area contributed by atoms with E-state index in [0.29, 0.717) is 64.9 Å². The highest BCUT2D eigenvalue weighted by molar-refractivity contribution is 5.91. The summed E-state index contributed by atoms with van der Waals surface area (Å²) >= 11 is 0. The zero-order valence-corrected chi connectivity index (χ0v) is 49.3. The number of ether oxygens (including phenoxy) is 5. The predicted octanol–water partition coefficient (Wildman–Crippen LogP) is 3.82. The minimum absolute atomic E-state index is 0. The second kappa shape index (κ2) is 21.4. The summed E-state index contributed by atoms with van der Waals surface area (Å²) in [4.78, 5) is 44.8. The molecule has 13 atom stereocenters. The minimum Gasteiger partial charge on any atom is -1.00 e. The Morgan fingerprint density at radius 3 is 1.50 bits per heavy atom. The molecule has 16 heteroatoms. The van der Waals surface area contributed by atoms with Gasteiger partial charge in [0.15, 0.2) is 24.1 Å². The van der Waals surface area contributed by atoms with Crippen LogP contribution in [0.3, 0.4) is 0 Å². The number of aliphatic hydroxyl groups is 3. The number of hydrogen-bond acceptors (Lipinski definition) is 13. The molecule has 4 fully saturated rings. The zero-order valence-electron chi connectivity index (χ0n) is 47.7. The molecule has 12 aliphatic rings. The molecule has 14 nitrogen and oxygen atoms in total. The number of allylic oxidation sites excluding steroid dienone is 2. The van der Waals surface area contributed by atoms with Gasteiger partial charge in [0.2, 0.25) is 0 Å². The second-order valence-corrected chi connectivity index (χ2v) is 25.5. The number of rotatable bonds is 7. The molecule has 6 aliphatic heterocycles. The molecule has 3 spiro atoms. The van der Waals surface area contributed by atoms with Crippen LogP contribution in [0.5, 0.6) is 17.2 Å². The van der Waals surface area contributed by atoms with Crippen molar-refractivity contribution in [3.05, 3.63) is 182 Å². The van der Waals surface area contributed by atoms with Crippen molar-refractivity contribution in [2.45, 2.75) is 137 Å². The van der Waals surface area contributed by atoms with Crippen LogP contribution in [0, 0.1) is 17.8 Å². The van der Waals surface area contributed by atoms with Gasteiger partial charge < -0.3 is 66.1 Å². The molecule has 84 heavy (non-hydrogen) atoms. The van der Waals surface area contributed by atoms with Gasteiger partial charge in [0, 0.05) is 81.5 Å². The molecular formula is C68H73Cl2N3O11. The number of ketones is 1. The van der Waals surface area contributed by atoms with Gasteiger partial charge in [-0.15, -0.1) is 12.4 Å². The zero-order chi connectivity index (χ0) is 56.0. The molecular weight excluding hydrogens is 1110 g/mol. The molecule has 6 aliphatic carbocycles. The first-order valence-electron chi connectivity index (χ1n) is 29.9. The lowest BCUT2D eigenvalue weighted by Gasteiger charge is -2.57. The average Bonchev–Trinajstić information content (AvgIpc) is 1.48. The van der Waals surface area contributed by atoms with Crippen LogP contribution in [-0.2, 0) is 69.6 Å². The van der Waals surface area contributed by atoms with Gasteiger partial charge in [-0.3, -0.25) is 4.79 Å². The van der Waals surface area contributed by atoms with Gasteiger partial charge in [-0.2, -0.15) is 0 Å². The number of nitrogens with one attached hydrogen (secondary N) is 1. The van der Waals surface area contributed by atoms with Crippen LogP contribution in [0.15, 0.2) is 121 Å². The van der Waals surface area contributed by atoms with Gasteiger partial charge in [-0.25, -0.2) is 9.59 Å². The summed E-state index contributed by atoms with van der Waals surface area (Å²) in [6.45, 7) is 2.96. The van der Waals surface area contributed by atoms with E-state index in [2.05, 4.69) is 61.3 Å². The third-order valence-electron chi connectivity index (χ3n) is 22.2. The number of carbonyl (C=O) groups is 3. The van der Waals surface area contributed by atoms with E-state index in [1.54, 1.807) is 29.2 Å². The van der Waals surface area contributed by atoms with E-state index < -0.39 is 0 Å². The third kappa shape index (κ3) is 8.06. The standard InChI is InChI=1S/2C25H25NO4.C18H21NO3.2ClH/c2*1-26-12-11-25-18-9-10-20(29-24(28)15-5-3-2-4-6-15)23(25)30-22-17(14-27)8-7-16(21(22)25)13-19(18)26;1-19-7-6-18-12-4-5-14(21)17(18)22-16-11(9-20)3-2-10(15(16)18)8-13(12)19;;/h2*2-8,10,18-19,23,27H,9,11-14H2,1H3;2-3,12-13,17,20H,4-9H2,1H3;2*1H. The molecule has 0 aromatic heterocycles.